The number of ether oxygens (including phenoxy) is 1. The number of nitrogens with zero attached hydrogens (tertiary/aromatic N) is 13. The number of carbonyl (C=O) groups is 1. The van der Waals surface area contributed by atoms with Gasteiger partial charge in [0.15, 0.2) is 16.9 Å². The van der Waals surface area contributed by atoms with E-state index in [2.05, 4.69) is 95.1 Å². The monoisotopic (exact) mass is 1410 g/mol. The van der Waals surface area contributed by atoms with E-state index < -0.39 is 47.5 Å². The maximum atomic E-state index is 14.1. The summed E-state index contributed by atoms with van der Waals surface area (Å²) >= 11 is 0.250. The summed E-state index contributed by atoms with van der Waals surface area (Å²) in [6, 6.07) is 33.7. The molecule has 8 N–H and O–H groups in total. The van der Waals surface area contributed by atoms with Crippen LogP contribution in [0.15, 0.2) is 184 Å². The molecule has 28 heteroatoms. The number of aliphatic hydroxyl groups is 3. The van der Waals surface area contributed by atoms with E-state index in [1.54, 1.807) is 81.4 Å². The first kappa shape index (κ1) is 71.2. The lowest BCUT2D eigenvalue weighted by Gasteiger charge is -2.28. The average molecular weight is 1420 g/mol. The number of halogens is 4. The van der Waals surface area contributed by atoms with Crippen LogP contribution < -0.4 is 15.5 Å². The van der Waals surface area contributed by atoms with Gasteiger partial charge in [-0.25, -0.2) is 32.9 Å². The highest BCUT2D eigenvalue weighted by Gasteiger charge is 2.29. The second-order valence-corrected chi connectivity index (χ2v) is 25.5. The number of benzene rings is 3. The lowest BCUT2D eigenvalue weighted by Crippen LogP contribution is -2.39. The first-order valence-electron chi connectivity index (χ1n) is 33.0. The molecule has 23 nitrogen and oxygen atoms in total. The van der Waals surface area contributed by atoms with E-state index in [4.69, 9.17) is 4.74 Å². The van der Waals surface area contributed by atoms with Crippen molar-refractivity contribution in [2.24, 2.45) is 0 Å². The van der Waals surface area contributed by atoms with E-state index in [1.165, 1.54) is 68.2 Å². The van der Waals surface area contributed by atoms with Crippen LogP contribution in [0, 0.1) is 17.5 Å². The molecule has 0 aliphatic carbocycles. The van der Waals surface area contributed by atoms with Gasteiger partial charge in [-0.2, -0.15) is 32.7 Å². The number of H-pyrrole nitrogens is 3. The van der Waals surface area contributed by atoms with E-state index in [1.807, 2.05) is 79.3 Å². The standard InChI is InChI=1S/C28H29FN6O3.2C23H21FN6O.CH3FS/c1-17(36)22-16-32-35-25(12-24(33-26(22)35)19-11-20(29)15-30-13-19)34(27(37)38-28(2,3)4)10-9-18-14-31-23-8-6-5-7-21(18)23;2*1-14(31)19-13-28-30-22(9-21(29-23(19)30)16-8-17(24)12-25-10-16)26-7-6-15-11-27-20-5-3-2-4-18(15)20;1-3-2/h5-8,11-17,31,36H,9-10H2,1-4H3;2*2-5,8-14,26-27,31H,6-7H2,1H3;1H3/t;2*14-;/m.10./s1. The van der Waals surface area contributed by atoms with Crippen LogP contribution in [0.2, 0.25) is 0 Å². The zero-order chi connectivity index (χ0) is 72.5. The van der Waals surface area contributed by atoms with Gasteiger partial charge in [0.25, 0.3) is 0 Å². The summed E-state index contributed by atoms with van der Waals surface area (Å²) < 4.78 is 62.3. The summed E-state index contributed by atoms with van der Waals surface area (Å²) in [4.78, 5) is 50.6. The van der Waals surface area contributed by atoms with E-state index in [-0.39, 0.29) is 18.7 Å². The SMILES string of the molecule is CC(O)c1cnn2c(N(CCc3c[nH]c4ccccc34)C(=O)OC(C)(C)C)cc(-c3cncc(F)c3)nc12.CSF.C[C@@H](O)c1cnn2c(NCCc3c[nH]c4ccccc34)cc(-c3cncc(F)c3)nc12.C[C@H](O)c1cnn2c(NCCc3c[nH]c4ccccc34)cc(-c3cncc(F)c3)nc12. The van der Waals surface area contributed by atoms with Crippen LogP contribution in [0.5, 0.6) is 0 Å². The van der Waals surface area contributed by atoms with Crippen LogP contribution in [0.1, 0.15) is 93.2 Å². The molecule has 15 aromatic rings. The number of hydrogen-bond donors (Lipinski definition) is 8. The van der Waals surface area contributed by atoms with Crippen molar-refractivity contribution >= 4 is 85.3 Å². The fourth-order valence-electron chi connectivity index (χ4n) is 11.9. The summed E-state index contributed by atoms with van der Waals surface area (Å²) in [6.45, 7) is 11.9. The molecule has 15 rings (SSSR count). The molecule has 0 fully saturated rings. The van der Waals surface area contributed by atoms with Crippen molar-refractivity contribution < 1.29 is 41.9 Å². The normalized spacial score (nSPS) is 12.4. The molecule has 0 radical (unpaired) electrons. The third-order valence-electron chi connectivity index (χ3n) is 16.8. The molecule has 3 aromatic carbocycles. The van der Waals surface area contributed by atoms with Crippen LogP contribution in [0.4, 0.5) is 39.3 Å². The third kappa shape index (κ3) is 16.4. The minimum Gasteiger partial charge on any atom is -0.443 e. The molecule has 0 spiro atoms. The quantitative estimate of drug-likeness (QED) is 0.0370. The predicted molar refractivity (Wildman–Crippen MR) is 392 cm³/mol. The molecule has 12 heterocycles. The Balaban J connectivity index is 0.000000144. The van der Waals surface area contributed by atoms with Gasteiger partial charge < -0.3 is 45.6 Å². The van der Waals surface area contributed by atoms with Crippen LogP contribution >= 0.6 is 12.1 Å². The summed E-state index contributed by atoms with van der Waals surface area (Å²) in [7, 11) is 0. The lowest BCUT2D eigenvalue weighted by atomic mass is 10.1. The van der Waals surface area contributed by atoms with Crippen LogP contribution in [-0.4, -0.2) is 127 Å². The lowest BCUT2D eigenvalue weighted by molar-refractivity contribution is 0.0578. The Bertz CT molecular complexity index is 5240. The number of amides is 1. The number of carbonyl (C=O) groups excluding carboxylic acids is 1. The zero-order valence-electron chi connectivity index (χ0n) is 57.2. The van der Waals surface area contributed by atoms with Gasteiger partial charge in [0.05, 0.1) is 72.6 Å². The summed E-state index contributed by atoms with van der Waals surface area (Å²) in [5.74, 6) is 0.398. The Morgan fingerprint density at radius 1 is 0.524 bits per heavy atom. The Labute approximate surface area is 592 Å². The minimum atomic E-state index is -0.866. The Hall–Kier alpha value is -11.6. The highest BCUT2D eigenvalue weighted by atomic mass is 32.2. The van der Waals surface area contributed by atoms with Crippen molar-refractivity contribution in [3.8, 4) is 33.8 Å². The van der Waals surface area contributed by atoms with Crippen LogP contribution in [0.3, 0.4) is 0 Å². The maximum Gasteiger partial charge on any atom is 0.416 e. The second kappa shape index (κ2) is 31.5. The van der Waals surface area contributed by atoms with Crippen molar-refractivity contribution in [1.82, 2.24) is 73.7 Å². The molecule has 0 saturated heterocycles. The number of nitrogens with one attached hydrogen (secondary N) is 5. The first-order chi connectivity index (χ1) is 49.7. The topological polar surface area (TPSA) is 291 Å². The van der Waals surface area contributed by atoms with Crippen molar-refractivity contribution in [3.05, 3.63) is 234 Å². The molecule has 0 aliphatic rings. The highest BCUT2D eigenvalue weighted by Crippen LogP contribution is 2.33. The highest BCUT2D eigenvalue weighted by molar-refractivity contribution is 7.93. The van der Waals surface area contributed by atoms with E-state index in [0.29, 0.717) is 104 Å². The number of rotatable bonds is 18. The largest absolute Gasteiger partial charge is 0.443 e. The Kier molecular flexibility index (Phi) is 21.8. The number of aromatic nitrogens is 15. The minimum absolute atomic E-state index is 0.250. The summed E-state index contributed by atoms with van der Waals surface area (Å²) in [5, 5.41) is 54.1. The molecular weight excluding hydrogens is 1340 g/mol. The Morgan fingerprint density at radius 2 is 0.874 bits per heavy atom. The second-order valence-electron chi connectivity index (χ2n) is 25.2. The third-order valence-corrected chi connectivity index (χ3v) is 16.8. The number of fused-ring (bicyclic) bond motifs is 6. The molecule has 1 amide bonds. The van der Waals surface area contributed by atoms with E-state index in [0.717, 1.165) is 58.9 Å². The number of anilines is 3. The number of aromatic amines is 3. The molecule has 12 aromatic heterocycles. The number of aliphatic hydroxyl groups excluding tert-OH is 3. The smallest absolute Gasteiger partial charge is 0.416 e. The van der Waals surface area contributed by atoms with Crippen molar-refractivity contribution in [2.45, 2.75) is 84.7 Å². The van der Waals surface area contributed by atoms with Crippen molar-refractivity contribution in [3.63, 3.8) is 0 Å². The predicted octanol–water partition coefficient (Wildman–Crippen LogP) is 14.9. The molecule has 3 atom stereocenters. The zero-order valence-corrected chi connectivity index (χ0v) is 58.0. The average Bonchev–Trinajstić information content (AvgIpc) is 1.66. The Morgan fingerprint density at radius 3 is 1.24 bits per heavy atom. The molecule has 528 valence electrons. The van der Waals surface area contributed by atoms with Crippen LogP contribution in [0.25, 0.3) is 83.4 Å². The van der Waals surface area contributed by atoms with E-state index >= 15 is 0 Å². The van der Waals surface area contributed by atoms with Gasteiger partial charge in [0.1, 0.15) is 40.5 Å². The van der Waals surface area contributed by atoms with Crippen LogP contribution in [-0.2, 0) is 24.0 Å². The first-order valence-corrected chi connectivity index (χ1v) is 34.2. The molecule has 0 saturated carbocycles. The molecular formula is C75H74F4N18O5S. The van der Waals surface area contributed by atoms with Gasteiger partial charge in [-0.15, -0.1) is 0 Å². The maximum absolute atomic E-state index is 14.1. The number of hydrogen-bond acceptors (Lipinski definition) is 17. The van der Waals surface area contributed by atoms with Gasteiger partial charge in [0, 0.05) is 160 Å². The van der Waals surface area contributed by atoms with Crippen molar-refractivity contribution in [1.29, 1.82) is 0 Å². The van der Waals surface area contributed by atoms with E-state index in [9.17, 15) is 37.2 Å². The van der Waals surface area contributed by atoms with Crippen molar-refractivity contribution in [2.75, 3.05) is 41.4 Å². The van der Waals surface area contributed by atoms with Gasteiger partial charge in [-0.05, 0) is 114 Å². The molecule has 1 unspecified atom stereocenters. The van der Waals surface area contributed by atoms with Gasteiger partial charge in [-0.3, -0.25) is 19.9 Å². The molecule has 0 bridgehead atoms. The molecule has 0 aliphatic heterocycles. The number of pyridine rings is 3. The molecule has 103 heavy (non-hydrogen) atoms. The van der Waals surface area contributed by atoms with Gasteiger partial charge >= 0.3 is 6.09 Å². The summed E-state index contributed by atoms with van der Waals surface area (Å²) in [5.41, 5.74) is 12.0. The summed E-state index contributed by atoms with van der Waals surface area (Å²) in [6.07, 6.45) is 19.3. The fraction of sp³-hybridized carbons (Fsp3) is 0.227. The fourth-order valence-corrected chi connectivity index (χ4v) is 11.9. The number of para-hydroxylation sites is 3. The van der Waals surface area contributed by atoms with Gasteiger partial charge in [0.2, 0.25) is 0 Å². The van der Waals surface area contributed by atoms with Gasteiger partial charge in [-0.1, -0.05) is 54.6 Å².